The summed E-state index contributed by atoms with van der Waals surface area (Å²) < 4.78 is 29.9. The SMILES string of the molecule is COCCN1C(=O)NC(Cc2cccc(F)c2)(C2CCN(Cc3ccc(COC)o3)CC2)C1=O. The number of amides is 3. The van der Waals surface area contributed by atoms with Gasteiger partial charge in [-0.2, -0.15) is 0 Å². The van der Waals surface area contributed by atoms with Gasteiger partial charge in [0.25, 0.3) is 5.91 Å². The highest BCUT2D eigenvalue weighted by molar-refractivity contribution is 6.07. The van der Waals surface area contributed by atoms with E-state index in [1.54, 1.807) is 19.2 Å². The van der Waals surface area contributed by atoms with Crippen LogP contribution in [0.15, 0.2) is 40.8 Å². The Hall–Kier alpha value is -2.75. The lowest BCUT2D eigenvalue weighted by molar-refractivity contribution is -0.134. The second-order valence-electron chi connectivity index (χ2n) is 9.01. The lowest BCUT2D eigenvalue weighted by Crippen LogP contribution is -2.57. The normalized spacial score (nSPS) is 21.9. The van der Waals surface area contributed by atoms with Crippen molar-refractivity contribution >= 4 is 11.9 Å². The molecule has 0 saturated carbocycles. The molecule has 2 aromatic rings. The molecule has 2 fully saturated rings. The number of nitrogens with one attached hydrogen (secondary N) is 1. The van der Waals surface area contributed by atoms with Crippen LogP contribution in [0.5, 0.6) is 0 Å². The fourth-order valence-corrected chi connectivity index (χ4v) is 5.07. The topological polar surface area (TPSA) is 84.2 Å². The molecule has 2 aliphatic rings. The first-order chi connectivity index (χ1) is 16.4. The molecule has 0 spiro atoms. The number of urea groups is 1. The summed E-state index contributed by atoms with van der Waals surface area (Å²) in [6, 6.07) is 9.70. The van der Waals surface area contributed by atoms with E-state index < -0.39 is 11.6 Å². The molecule has 1 aromatic heterocycles. The lowest BCUT2D eigenvalue weighted by Gasteiger charge is -2.41. The quantitative estimate of drug-likeness (QED) is 0.534. The Balaban J connectivity index is 1.49. The maximum absolute atomic E-state index is 13.9. The third-order valence-corrected chi connectivity index (χ3v) is 6.76. The number of carbonyl (C=O) groups is 2. The second kappa shape index (κ2) is 10.7. The number of ether oxygens (including phenoxy) is 2. The van der Waals surface area contributed by atoms with Crippen LogP contribution in [0.4, 0.5) is 9.18 Å². The van der Waals surface area contributed by atoms with E-state index >= 15 is 0 Å². The molecule has 184 valence electrons. The monoisotopic (exact) mass is 473 g/mol. The smallest absolute Gasteiger partial charge is 0.325 e. The standard InChI is InChI=1S/C25H32FN3O5/c1-32-13-12-29-23(30)25(27-24(29)31,15-18-4-3-5-20(26)14-18)19-8-10-28(11-9-19)16-21-6-7-22(34-21)17-33-2/h3-7,14,19H,8-13,15-17H2,1-2H3,(H,27,31). The van der Waals surface area contributed by atoms with Crippen LogP contribution in [0.1, 0.15) is 29.9 Å². The number of furan rings is 1. The summed E-state index contributed by atoms with van der Waals surface area (Å²) >= 11 is 0. The highest BCUT2D eigenvalue weighted by Crippen LogP contribution is 2.37. The van der Waals surface area contributed by atoms with E-state index in [9.17, 15) is 14.0 Å². The Labute approximate surface area is 199 Å². The van der Waals surface area contributed by atoms with Crippen LogP contribution in [-0.4, -0.2) is 67.7 Å². The van der Waals surface area contributed by atoms with Gasteiger partial charge in [-0.25, -0.2) is 9.18 Å². The zero-order valence-electron chi connectivity index (χ0n) is 19.7. The van der Waals surface area contributed by atoms with Crippen molar-refractivity contribution in [3.63, 3.8) is 0 Å². The number of carbonyl (C=O) groups excluding carboxylic acids is 2. The number of hydrogen-bond donors (Lipinski definition) is 1. The van der Waals surface area contributed by atoms with Crippen molar-refractivity contribution in [2.24, 2.45) is 5.92 Å². The predicted molar refractivity (Wildman–Crippen MR) is 122 cm³/mol. The Bertz CT molecular complexity index is 1000. The van der Waals surface area contributed by atoms with E-state index in [4.69, 9.17) is 13.9 Å². The molecule has 0 bridgehead atoms. The molecule has 4 rings (SSSR count). The number of piperidine rings is 1. The van der Waals surface area contributed by atoms with E-state index in [0.29, 0.717) is 18.7 Å². The average Bonchev–Trinajstić information content (AvgIpc) is 3.35. The minimum atomic E-state index is -1.10. The Morgan fingerprint density at radius 3 is 2.59 bits per heavy atom. The van der Waals surface area contributed by atoms with Crippen LogP contribution in [0, 0.1) is 11.7 Å². The van der Waals surface area contributed by atoms with Crippen molar-refractivity contribution in [2.75, 3.05) is 40.5 Å². The molecule has 3 amide bonds. The minimum absolute atomic E-state index is 0.0725. The first-order valence-electron chi connectivity index (χ1n) is 11.6. The first-order valence-corrected chi connectivity index (χ1v) is 11.6. The van der Waals surface area contributed by atoms with Crippen molar-refractivity contribution < 1.29 is 27.9 Å². The fraction of sp³-hybridized carbons (Fsp3) is 0.520. The minimum Gasteiger partial charge on any atom is -0.462 e. The molecule has 0 aliphatic carbocycles. The number of halogens is 1. The van der Waals surface area contributed by atoms with Crippen molar-refractivity contribution in [3.8, 4) is 0 Å². The van der Waals surface area contributed by atoms with Crippen LogP contribution in [0.25, 0.3) is 0 Å². The summed E-state index contributed by atoms with van der Waals surface area (Å²) in [6.45, 7) is 3.09. The van der Waals surface area contributed by atoms with E-state index in [1.165, 1.54) is 24.1 Å². The molecular formula is C25H32FN3O5. The van der Waals surface area contributed by atoms with Crippen molar-refractivity contribution in [3.05, 3.63) is 59.3 Å². The molecule has 34 heavy (non-hydrogen) atoms. The zero-order valence-corrected chi connectivity index (χ0v) is 19.7. The van der Waals surface area contributed by atoms with Crippen LogP contribution in [0.2, 0.25) is 0 Å². The lowest BCUT2D eigenvalue weighted by atomic mass is 9.74. The molecule has 3 heterocycles. The summed E-state index contributed by atoms with van der Waals surface area (Å²) in [5, 5.41) is 3.00. The van der Waals surface area contributed by atoms with E-state index in [0.717, 1.165) is 37.5 Å². The Kier molecular flexibility index (Phi) is 7.65. The molecule has 2 aliphatic heterocycles. The van der Waals surface area contributed by atoms with Gasteiger partial charge < -0.3 is 19.2 Å². The number of likely N-dealkylation sites (tertiary alicyclic amines) is 1. The van der Waals surface area contributed by atoms with Gasteiger partial charge in [-0.3, -0.25) is 14.6 Å². The number of nitrogens with zero attached hydrogens (tertiary/aromatic N) is 2. The summed E-state index contributed by atoms with van der Waals surface area (Å²) in [5.41, 5.74) is -0.410. The van der Waals surface area contributed by atoms with Crippen LogP contribution in [0.3, 0.4) is 0 Å². The molecule has 1 atom stereocenters. The van der Waals surface area contributed by atoms with Gasteiger partial charge in [0.05, 0.1) is 19.7 Å². The summed E-state index contributed by atoms with van der Waals surface area (Å²) in [7, 11) is 3.16. The third kappa shape index (κ3) is 5.16. The number of benzene rings is 1. The maximum Gasteiger partial charge on any atom is 0.325 e. The van der Waals surface area contributed by atoms with Gasteiger partial charge in [0.15, 0.2) is 0 Å². The molecule has 8 nitrogen and oxygen atoms in total. The summed E-state index contributed by atoms with van der Waals surface area (Å²) in [5.74, 6) is 0.971. The molecule has 0 radical (unpaired) electrons. The summed E-state index contributed by atoms with van der Waals surface area (Å²) in [6.07, 6.45) is 1.71. The second-order valence-corrected chi connectivity index (χ2v) is 9.01. The largest absolute Gasteiger partial charge is 0.462 e. The molecule has 2 saturated heterocycles. The van der Waals surface area contributed by atoms with Gasteiger partial charge in [-0.15, -0.1) is 0 Å². The highest BCUT2D eigenvalue weighted by Gasteiger charge is 2.55. The van der Waals surface area contributed by atoms with Crippen molar-refractivity contribution in [1.29, 1.82) is 0 Å². The van der Waals surface area contributed by atoms with Crippen LogP contribution in [-0.2, 0) is 33.8 Å². The molecule has 1 unspecified atom stereocenters. The summed E-state index contributed by atoms with van der Waals surface area (Å²) in [4.78, 5) is 29.9. The van der Waals surface area contributed by atoms with Gasteiger partial charge in [-0.1, -0.05) is 12.1 Å². The average molecular weight is 474 g/mol. The Morgan fingerprint density at radius 2 is 1.88 bits per heavy atom. The zero-order chi connectivity index (χ0) is 24.1. The van der Waals surface area contributed by atoms with Crippen molar-refractivity contribution in [2.45, 2.75) is 38.0 Å². The predicted octanol–water partition coefficient (Wildman–Crippen LogP) is 2.96. The number of imide groups is 1. The van der Waals surface area contributed by atoms with Gasteiger partial charge >= 0.3 is 6.03 Å². The van der Waals surface area contributed by atoms with E-state index in [-0.39, 0.29) is 37.2 Å². The first kappa shape index (κ1) is 24.4. The van der Waals surface area contributed by atoms with Crippen LogP contribution < -0.4 is 5.32 Å². The number of methoxy groups -OCH3 is 2. The fourth-order valence-electron chi connectivity index (χ4n) is 5.07. The maximum atomic E-state index is 13.9. The van der Waals surface area contributed by atoms with Crippen molar-refractivity contribution in [1.82, 2.24) is 15.1 Å². The number of rotatable bonds is 10. The molecular weight excluding hydrogens is 441 g/mol. The Morgan fingerprint density at radius 1 is 1.12 bits per heavy atom. The number of hydrogen-bond acceptors (Lipinski definition) is 6. The van der Waals surface area contributed by atoms with Gasteiger partial charge in [0.1, 0.15) is 29.5 Å². The molecule has 1 aromatic carbocycles. The van der Waals surface area contributed by atoms with Gasteiger partial charge in [0, 0.05) is 20.6 Å². The molecule has 1 N–H and O–H groups in total. The third-order valence-electron chi connectivity index (χ3n) is 6.76. The van der Waals surface area contributed by atoms with Gasteiger partial charge in [-0.05, 0) is 61.7 Å². The van der Waals surface area contributed by atoms with Crippen LogP contribution >= 0.6 is 0 Å². The van der Waals surface area contributed by atoms with Gasteiger partial charge in [0.2, 0.25) is 0 Å². The van der Waals surface area contributed by atoms with E-state index in [2.05, 4.69) is 10.2 Å². The molecule has 9 heteroatoms. The van der Waals surface area contributed by atoms with E-state index in [1.807, 2.05) is 12.1 Å². The highest BCUT2D eigenvalue weighted by atomic mass is 19.1.